The summed E-state index contributed by atoms with van der Waals surface area (Å²) in [5.41, 5.74) is -2.95. The van der Waals surface area contributed by atoms with E-state index in [9.17, 15) is 39.6 Å². The standard InChI is InChI=1S/C19H25F6NO4S/c20-18(21,22)15-11-14(12-16(13-15)19(23,24)25)7-4-6-10-31(29,30)26-9-5-2-1-3-8-17(27)28/h11-13,26H,1-10H2,(H,27,28). The van der Waals surface area contributed by atoms with E-state index in [4.69, 9.17) is 5.11 Å². The maximum Gasteiger partial charge on any atom is 0.416 e. The third-order valence-corrected chi connectivity index (χ3v) is 5.89. The summed E-state index contributed by atoms with van der Waals surface area (Å²) >= 11 is 0. The van der Waals surface area contributed by atoms with Gasteiger partial charge >= 0.3 is 18.3 Å². The zero-order chi connectivity index (χ0) is 23.7. The maximum absolute atomic E-state index is 12.9. The largest absolute Gasteiger partial charge is 0.481 e. The van der Waals surface area contributed by atoms with Crippen LogP contribution in [-0.4, -0.2) is 31.8 Å². The van der Waals surface area contributed by atoms with Crippen molar-refractivity contribution in [2.45, 2.75) is 63.7 Å². The van der Waals surface area contributed by atoms with Gasteiger partial charge in [0.25, 0.3) is 0 Å². The maximum atomic E-state index is 12.9. The number of hydrogen-bond acceptors (Lipinski definition) is 3. The van der Waals surface area contributed by atoms with Crippen molar-refractivity contribution in [2.75, 3.05) is 12.3 Å². The van der Waals surface area contributed by atoms with Crippen molar-refractivity contribution in [3.8, 4) is 0 Å². The normalized spacial score (nSPS) is 12.8. The minimum absolute atomic E-state index is 0.0551. The molecule has 0 aromatic heterocycles. The number of unbranched alkanes of at least 4 members (excludes halogenated alkanes) is 4. The van der Waals surface area contributed by atoms with Crippen LogP contribution in [0.15, 0.2) is 18.2 Å². The van der Waals surface area contributed by atoms with Gasteiger partial charge in [-0.25, -0.2) is 13.1 Å². The minimum Gasteiger partial charge on any atom is -0.481 e. The number of sulfonamides is 1. The van der Waals surface area contributed by atoms with Crippen molar-refractivity contribution in [1.29, 1.82) is 0 Å². The Balaban J connectivity index is 2.46. The first-order chi connectivity index (χ1) is 14.2. The van der Waals surface area contributed by atoms with Gasteiger partial charge in [0.2, 0.25) is 10.0 Å². The van der Waals surface area contributed by atoms with Gasteiger partial charge in [0.15, 0.2) is 0 Å². The van der Waals surface area contributed by atoms with Crippen LogP contribution in [0.5, 0.6) is 0 Å². The first-order valence-corrected chi connectivity index (χ1v) is 11.3. The van der Waals surface area contributed by atoms with E-state index >= 15 is 0 Å². The van der Waals surface area contributed by atoms with E-state index in [0.29, 0.717) is 37.8 Å². The summed E-state index contributed by atoms with van der Waals surface area (Å²) < 4.78 is 103. The zero-order valence-corrected chi connectivity index (χ0v) is 17.5. The molecule has 0 aliphatic carbocycles. The number of carbonyl (C=O) groups is 1. The summed E-state index contributed by atoms with van der Waals surface area (Å²) in [5, 5.41) is 8.51. The molecule has 12 heteroatoms. The van der Waals surface area contributed by atoms with Crippen LogP contribution in [-0.2, 0) is 33.6 Å². The molecular formula is C19H25F6NO4S. The van der Waals surface area contributed by atoms with Gasteiger partial charge in [0, 0.05) is 13.0 Å². The lowest BCUT2D eigenvalue weighted by molar-refractivity contribution is -0.143. The number of hydrogen-bond donors (Lipinski definition) is 2. The van der Waals surface area contributed by atoms with Crippen LogP contribution in [0.4, 0.5) is 26.3 Å². The Morgan fingerprint density at radius 1 is 0.839 bits per heavy atom. The van der Waals surface area contributed by atoms with Gasteiger partial charge in [-0.15, -0.1) is 0 Å². The number of carboxylic acids is 1. The molecule has 0 unspecified atom stereocenters. The highest BCUT2D eigenvalue weighted by molar-refractivity contribution is 7.89. The molecule has 0 aliphatic rings. The first-order valence-electron chi connectivity index (χ1n) is 9.68. The van der Waals surface area contributed by atoms with E-state index in [1.807, 2.05) is 0 Å². The third-order valence-electron chi connectivity index (χ3n) is 4.42. The molecule has 0 heterocycles. The Kier molecular flexibility index (Phi) is 10.3. The van der Waals surface area contributed by atoms with Gasteiger partial charge in [0.1, 0.15) is 0 Å². The summed E-state index contributed by atoms with van der Waals surface area (Å²) in [6.45, 7) is 0.179. The van der Waals surface area contributed by atoms with Crippen LogP contribution in [0, 0.1) is 0 Å². The highest BCUT2D eigenvalue weighted by atomic mass is 32.2. The lowest BCUT2D eigenvalue weighted by Crippen LogP contribution is -2.27. The lowest BCUT2D eigenvalue weighted by Gasteiger charge is -2.14. The molecule has 5 nitrogen and oxygen atoms in total. The van der Waals surface area contributed by atoms with Crippen molar-refractivity contribution >= 4 is 16.0 Å². The molecule has 0 saturated heterocycles. The molecule has 0 radical (unpaired) electrons. The van der Waals surface area contributed by atoms with Crippen molar-refractivity contribution in [2.24, 2.45) is 0 Å². The third kappa shape index (κ3) is 11.4. The second-order valence-electron chi connectivity index (χ2n) is 7.14. The Bertz CT molecular complexity index is 789. The second kappa shape index (κ2) is 11.7. The number of aliphatic carboxylic acids is 1. The minimum atomic E-state index is -4.92. The SMILES string of the molecule is O=C(O)CCCCCCNS(=O)(=O)CCCCc1cc(C(F)(F)F)cc(C(F)(F)F)c1. The van der Waals surface area contributed by atoms with Crippen LogP contribution >= 0.6 is 0 Å². The Hall–Kier alpha value is -1.82. The van der Waals surface area contributed by atoms with Crippen LogP contribution in [0.1, 0.15) is 61.6 Å². The number of nitrogens with one attached hydrogen (secondary N) is 1. The lowest BCUT2D eigenvalue weighted by atomic mass is 10.0. The first kappa shape index (κ1) is 27.2. The molecule has 1 aromatic rings. The molecule has 0 atom stereocenters. The zero-order valence-electron chi connectivity index (χ0n) is 16.7. The molecule has 0 fully saturated rings. The molecule has 31 heavy (non-hydrogen) atoms. The topological polar surface area (TPSA) is 83.5 Å². The van der Waals surface area contributed by atoms with E-state index in [1.54, 1.807) is 0 Å². The molecule has 0 amide bonds. The predicted octanol–water partition coefficient (Wildman–Crippen LogP) is 5.00. The summed E-state index contributed by atoms with van der Waals surface area (Å²) in [5.74, 6) is -1.18. The van der Waals surface area contributed by atoms with Crippen LogP contribution in [0.3, 0.4) is 0 Å². The summed E-state index contributed by atoms with van der Waals surface area (Å²) in [4.78, 5) is 10.4. The number of alkyl halides is 6. The molecule has 2 N–H and O–H groups in total. The molecule has 1 aromatic carbocycles. The smallest absolute Gasteiger partial charge is 0.416 e. The molecule has 178 valence electrons. The van der Waals surface area contributed by atoms with Crippen LogP contribution in [0.25, 0.3) is 0 Å². The van der Waals surface area contributed by atoms with Gasteiger partial charge < -0.3 is 5.11 Å². The van der Waals surface area contributed by atoms with Crippen molar-refractivity contribution in [3.63, 3.8) is 0 Å². The van der Waals surface area contributed by atoms with Crippen molar-refractivity contribution in [1.82, 2.24) is 4.72 Å². The highest BCUT2D eigenvalue weighted by Crippen LogP contribution is 2.36. The highest BCUT2D eigenvalue weighted by Gasteiger charge is 2.36. The molecule has 0 saturated carbocycles. The van der Waals surface area contributed by atoms with Crippen molar-refractivity contribution in [3.05, 3.63) is 34.9 Å². The van der Waals surface area contributed by atoms with Crippen molar-refractivity contribution < 1.29 is 44.7 Å². The Morgan fingerprint density at radius 2 is 1.39 bits per heavy atom. The molecule has 0 spiro atoms. The molecule has 1 rings (SSSR count). The summed E-state index contributed by atoms with van der Waals surface area (Å²) in [6.07, 6.45) is -7.36. The average Bonchev–Trinajstić information content (AvgIpc) is 2.62. The monoisotopic (exact) mass is 477 g/mol. The predicted molar refractivity (Wildman–Crippen MR) is 102 cm³/mol. The van der Waals surface area contributed by atoms with Gasteiger partial charge in [-0.3, -0.25) is 4.79 Å². The summed E-state index contributed by atoms with van der Waals surface area (Å²) in [6, 6.07) is 1.35. The van der Waals surface area contributed by atoms with E-state index in [-0.39, 0.29) is 49.6 Å². The molecule has 0 aliphatic heterocycles. The van der Waals surface area contributed by atoms with Crippen LogP contribution in [0.2, 0.25) is 0 Å². The van der Waals surface area contributed by atoms with E-state index in [1.165, 1.54) is 0 Å². The van der Waals surface area contributed by atoms with E-state index < -0.39 is 39.5 Å². The van der Waals surface area contributed by atoms with Crippen LogP contribution < -0.4 is 4.72 Å². The number of aryl methyl sites for hydroxylation is 1. The fourth-order valence-corrected chi connectivity index (χ4v) is 4.02. The fourth-order valence-electron chi connectivity index (χ4n) is 2.84. The summed E-state index contributed by atoms with van der Waals surface area (Å²) in [7, 11) is -3.61. The fraction of sp³-hybridized carbons (Fsp3) is 0.632. The number of rotatable bonds is 13. The Labute approximate surface area is 176 Å². The van der Waals surface area contributed by atoms with Gasteiger partial charge in [-0.1, -0.05) is 12.8 Å². The van der Waals surface area contributed by atoms with Gasteiger partial charge in [-0.2, -0.15) is 26.3 Å². The number of carboxylic acid groups (broad SMARTS) is 1. The second-order valence-corrected chi connectivity index (χ2v) is 9.07. The molecular weight excluding hydrogens is 452 g/mol. The number of benzene rings is 1. The molecule has 0 bridgehead atoms. The van der Waals surface area contributed by atoms with E-state index in [0.717, 1.165) is 0 Å². The van der Waals surface area contributed by atoms with Gasteiger partial charge in [0.05, 0.1) is 16.9 Å². The van der Waals surface area contributed by atoms with E-state index in [2.05, 4.69) is 4.72 Å². The van der Waals surface area contributed by atoms with Gasteiger partial charge in [-0.05, 0) is 55.9 Å². The average molecular weight is 477 g/mol. The Morgan fingerprint density at radius 3 is 1.90 bits per heavy atom. The number of halogens is 6. The quantitative estimate of drug-likeness (QED) is 0.309.